The summed E-state index contributed by atoms with van der Waals surface area (Å²) in [7, 11) is 0. The van der Waals surface area contributed by atoms with Crippen molar-refractivity contribution in [1.29, 1.82) is 0 Å². The molecule has 8 atom stereocenters. The third-order valence-electron chi connectivity index (χ3n) is 8.65. The lowest BCUT2D eigenvalue weighted by Crippen LogP contribution is -2.30. The molecule has 6 saturated heterocycles. The van der Waals surface area contributed by atoms with Crippen LogP contribution in [0.2, 0.25) is 0 Å². The van der Waals surface area contributed by atoms with Crippen LogP contribution in [-0.2, 0) is 33.2 Å². The van der Waals surface area contributed by atoms with Crippen molar-refractivity contribution < 1.29 is 33.2 Å². The Balaban J connectivity index is 1.11. The van der Waals surface area contributed by atoms with E-state index in [1.54, 1.807) is 0 Å². The molecule has 0 saturated carbocycles. The molecule has 7 nitrogen and oxygen atoms in total. The van der Waals surface area contributed by atoms with Gasteiger partial charge in [0.05, 0.1) is 50.8 Å². The molecule has 0 amide bonds. The van der Waals surface area contributed by atoms with Crippen LogP contribution >= 0.6 is 0 Å². The SMILES string of the molecule is c1ccc(C(OC(c2ccccc2)C2OC2(CC2CO2)CC2CO2)C2OC2(CC2CO2)CC2CO2)cc1. The molecule has 7 heteroatoms. The zero-order valence-electron chi connectivity index (χ0n) is 20.9. The van der Waals surface area contributed by atoms with Crippen LogP contribution in [0, 0.1) is 0 Å². The van der Waals surface area contributed by atoms with Crippen molar-refractivity contribution in [2.45, 2.75) is 85.7 Å². The highest BCUT2D eigenvalue weighted by Crippen LogP contribution is 2.58. The van der Waals surface area contributed by atoms with E-state index >= 15 is 0 Å². The molecule has 8 unspecified atom stereocenters. The fourth-order valence-corrected chi connectivity index (χ4v) is 6.31. The molecule has 6 aliphatic heterocycles. The van der Waals surface area contributed by atoms with Crippen LogP contribution in [0.5, 0.6) is 0 Å². The zero-order chi connectivity index (χ0) is 24.5. The van der Waals surface area contributed by atoms with E-state index in [9.17, 15) is 0 Å². The van der Waals surface area contributed by atoms with Gasteiger partial charge in [-0.3, -0.25) is 0 Å². The predicted molar refractivity (Wildman–Crippen MR) is 132 cm³/mol. The third kappa shape index (κ3) is 4.99. The Hall–Kier alpha value is -1.84. The number of epoxide rings is 6. The Morgan fingerprint density at radius 2 is 0.892 bits per heavy atom. The van der Waals surface area contributed by atoms with Gasteiger partial charge in [-0.2, -0.15) is 0 Å². The summed E-state index contributed by atoms with van der Waals surface area (Å²) >= 11 is 0. The zero-order valence-corrected chi connectivity index (χ0v) is 20.9. The Kier molecular flexibility index (Phi) is 5.52. The van der Waals surface area contributed by atoms with Gasteiger partial charge in [0.15, 0.2) is 0 Å². The first-order chi connectivity index (χ1) is 18.2. The van der Waals surface area contributed by atoms with Gasteiger partial charge in [0.1, 0.15) is 35.6 Å². The van der Waals surface area contributed by atoms with E-state index in [2.05, 4.69) is 48.5 Å². The molecule has 6 fully saturated rings. The molecule has 6 heterocycles. The van der Waals surface area contributed by atoms with Gasteiger partial charge < -0.3 is 33.2 Å². The fourth-order valence-electron chi connectivity index (χ4n) is 6.31. The lowest BCUT2D eigenvalue weighted by atomic mass is 9.87. The maximum Gasteiger partial charge on any atom is 0.118 e. The highest BCUT2D eigenvalue weighted by Gasteiger charge is 2.67. The quantitative estimate of drug-likeness (QED) is 0.359. The molecule has 2 aromatic carbocycles. The number of benzene rings is 2. The molecule has 37 heavy (non-hydrogen) atoms. The number of rotatable bonds is 14. The van der Waals surface area contributed by atoms with Crippen LogP contribution in [0.15, 0.2) is 60.7 Å². The van der Waals surface area contributed by atoms with Gasteiger partial charge in [0, 0.05) is 25.7 Å². The van der Waals surface area contributed by atoms with Crippen LogP contribution in [-0.4, -0.2) is 74.3 Å². The van der Waals surface area contributed by atoms with E-state index in [0.717, 1.165) is 63.2 Å². The lowest BCUT2D eigenvalue weighted by Gasteiger charge is -2.26. The van der Waals surface area contributed by atoms with E-state index in [1.165, 1.54) is 0 Å². The fraction of sp³-hybridized carbons (Fsp3) is 0.600. The molecule has 196 valence electrons. The van der Waals surface area contributed by atoms with Gasteiger partial charge in [0.2, 0.25) is 0 Å². The minimum atomic E-state index is -0.269. The summed E-state index contributed by atoms with van der Waals surface area (Å²) in [5, 5.41) is 0. The minimum Gasteiger partial charge on any atom is -0.373 e. The van der Waals surface area contributed by atoms with Crippen molar-refractivity contribution in [1.82, 2.24) is 0 Å². The van der Waals surface area contributed by atoms with Crippen LogP contribution in [0.3, 0.4) is 0 Å². The molecule has 2 aromatic rings. The third-order valence-corrected chi connectivity index (χ3v) is 8.65. The number of hydrogen-bond acceptors (Lipinski definition) is 7. The van der Waals surface area contributed by atoms with Crippen molar-refractivity contribution in [3.63, 3.8) is 0 Å². The van der Waals surface area contributed by atoms with Crippen LogP contribution in [0.1, 0.15) is 49.0 Å². The van der Waals surface area contributed by atoms with Crippen molar-refractivity contribution >= 4 is 0 Å². The van der Waals surface area contributed by atoms with Gasteiger partial charge in [-0.1, -0.05) is 60.7 Å². The van der Waals surface area contributed by atoms with Crippen molar-refractivity contribution in [3.8, 4) is 0 Å². The Bertz CT molecular complexity index is 978. The van der Waals surface area contributed by atoms with Gasteiger partial charge >= 0.3 is 0 Å². The first-order valence-electron chi connectivity index (χ1n) is 13.8. The molecular weight excluding hydrogens is 472 g/mol. The molecule has 0 aromatic heterocycles. The second kappa shape index (κ2) is 8.85. The van der Waals surface area contributed by atoms with Crippen LogP contribution in [0.4, 0.5) is 0 Å². The first kappa shape index (κ1) is 23.1. The topological polar surface area (TPSA) is 84.4 Å². The lowest BCUT2D eigenvalue weighted by molar-refractivity contribution is -0.0425. The minimum absolute atomic E-state index is 0.0545. The summed E-state index contributed by atoms with van der Waals surface area (Å²) < 4.78 is 42.9. The standard InChI is InChI=1S/C30H34O7/c1-3-7-19(8-4-1)25(27-29(36-27,11-21-15-31-21)12-22-16-32-22)35-26(20-9-5-2-6-10-20)28-30(37-28,13-23-17-33-23)14-24-18-34-24/h1-10,21-28H,11-18H2. The second-order valence-electron chi connectivity index (χ2n) is 11.6. The summed E-state index contributed by atoms with van der Waals surface area (Å²) in [6.07, 6.45) is 4.13. The number of ether oxygens (including phenoxy) is 7. The smallest absolute Gasteiger partial charge is 0.118 e. The van der Waals surface area contributed by atoms with Gasteiger partial charge in [0.25, 0.3) is 0 Å². The van der Waals surface area contributed by atoms with E-state index in [0.29, 0.717) is 0 Å². The van der Waals surface area contributed by atoms with Crippen molar-refractivity contribution in [3.05, 3.63) is 71.8 Å². The monoisotopic (exact) mass is 506 g/mol. The van der Waals surface area contributed by atoms with Gasteiger partial charge in [-0.25, -0.2) is 0 Å². The van der Waals surface area contributed by atoms with E-state index in [-0.39, 0.29) is 60.0 Å². The van der Waals surface area contributed by atoms with E-state index in [4.69, 9.17) is 33.2 Å². The summed E-state index contributed by atoms with van der Waals surface area (Å²) in [5.41, 5.74) is 1.72. The summed E-state index contributed by atoms with van der Waals surface area (Å²) in [5.74, 6) is 0. The molecule has 0 N–H and O–H groups in total. The van der Waals surface area contributed by atoms with Crippen molar-refractivity contribution in [2.75, 3.05) is 26.4 Å². The molecule has 0 aliphatic carbocycles. The van der Waals surface area contributed by atoms with Crippen LogP contribution < -0.4 is 0 Å². The Morgan fingerprint density at radius 3 is 1.19 bits per heavy atom. The van der Waals surface area contributed by atoms with Gasteiger partial charge in [-0.15, -0.1) is 0 Å². The normalized spacial score (nSPS) is 42.1. The molecular formula is C30H34O7. The molecule has 0 bridgehead atoms. The predicted octanol–water partition coefficient (Wildman–Crippen LogP) is 3.92. The van der Waals surface area contributed by atoms with E-state index < -0.39 is 0 Å². The maximum atomic E-state index is 7.18. The molecule has 6 aliphatic rings. The summed E-state index contributed by atoms with van der Waals surface area (Å²) in [6.45, 7) is 3.27. The first-order valence-corrected chi connectivity index (χ1v) is 13.8. The highest BCUT2D eigenvalue weighted by molar-refractivity contribution is 5.28. The van der Waals surface area contributed by atoms with E-state index in [1.807, 2.05) is 12.1 Å². The maximum absolute atomic E-state index is 7.18. The molecule has 0 radical (unpaired) electrons. The summed E-state index contributed by atoms with van der Waals surface area (Å²) in [6, 6.07) is 21.0. The highest BCUT2D eigenvalue weighted by atomic mass is 16.7. The average Bonchev–Trinajstić information content (AvgIpc) is 3.72. The van der Waals surface area contributed by atoms with Crippen molar-refractivity contribution in [2.24, 2.45) is 0 Å². The molecule has 8 rings (SSSR count). The average molecular weight is 507 g/mol. The Labute approximate surface area is 217 Å². The second-order valence-corrected chi connectivity index (χ2v) is 11.6. The van der Waals surface area contributed by atoms with Gasteiger partial charge in [-0.05, 0) is 11.1 Å². The largest absolute Gasteiger partial charge is 0.373 e. The number of hydrogen-bond donors (Lipinski definition) is 0. The Morgan fingerprint density at radius 1 is 0.568 bits per heavy atom. The van der Waals surface area contributed by atoms with Crippen LogP contribution in [0.25, 0.3) is 0 Å². The summed E-state index contributed by atoms with van der Waals surface area (Å²) in [4.78, 5) is 0. The molecule has 0 spiro atoms.